The van der Waals surface area contributed by atoms with Crippen LogP contribution in [0.4, 0.5) is 28.0 Å². The standard InChI is InChI=1S/C22H17F4N3O3/c1-21(2)19(30)29(15-4-6-16(7-5-15)32-22(24,25)26)20(31)28(21)12-13-9-10-27-18-11-14(23)3-8-17(13)18/h3-11H,12H2,1-2H3. The van der Waals surface area contributed by atoms with E-state index in [4.69, 9.17) is 0 Å². The summed E-state index contributed by atoms with van der Waals surface area (Å²) in [5.74, 6) is -1.44. The van der Waals surface area contributed by atoms with Crippen LogP contribution in [0.15, 0.2) is 54.7 Å². The number of alkyl halides is 3. The van der Waals surface area contributed by atoms with E-state index in [2.05, 4.69) is 9.72 Å². The highest BCUT2D eigenvalue weighted by Gasteiger charge is 2.51. The summed E-state index contributed by atoms with van der Waals surface area (Å²) in [6, 6.07) is 9.65. The van der Waals surface area contributed by atoms with E-state index in [9.17, 15) is 27.2 Å². The van der Waals surface area contributed by atoms with Gasteiger partial charge in [0.15, 0.2) is 0 Å². The number of rotatable bonds is 4. The topological polar surface area (TPSA) is 62.7 Å². The number of urea groups is 1. The fraction of sp³-hybridized carbons (Fsp3) is 0.227. The molecule has 0 bridgehead atoms. The SMILES string of the molecule is CC1(C)C(=O)N(c2ccc(OC(F)(F)F)cc2)C(=O)N1Cc1ccnc2cc(F)ccc12. The molecule has 2 heterocycles. The van der Waals surface area contributed by atoms with Crippen molar-refractivity contribution >= 4 is 28.5 Å². The van der Waals surface area contributed by atoms with Gasteiger partial charge in [0, 0.05) is 24.2 Å². The first-order valence-corrected chi connectivity index (χ1v) is 9.52. The number of halogens is 4. The van der Waals surface area contributed by atoms with Crippen LogP contribution < -0.4 is 9.64 Å². The number of nitrogens with zero attached hydrogens (tertiary/aromatic N) is 3. The number of carbonyl (C=O) groups excluding carboxylic acids is 2. The monoisotopic (exact) mass is 447 g/mol. The van der Waals surface area contributed by atoms with Crippen molar-refractivity contribution in [3.05, 3.63) is 66.1 Å². The van der Waals surface area contributed by atoms with Crippen molar-refractivity contribution < 1.29 is 31.9 Å². The van der Waals surface area contributed by atoms with Crippen LogP contribution in [-0.4, -0.2) is 33.7 Å². The van der Waals surface area contributed by atoms with Crippen LogP contribution in [0.5, 0.6) is 5.75 Å². The summed E-state index contributed by atoms with van der Waals surface area (Å²) in [7, 11) is 0. The third kappa shape index (κ3) is 3.83. The molecule has 4 rings (SSSR count). The molecule has 10 heteroatoms. The van der Waals surface area contributed by atoms with Crippen molar-refractivity contribution in [2.75, 3.05) is 4.90 Å². The maximum absolute atomic E-state index is 13.5. The van der Waals surface area contributed by atoms with E-state index < -0.39 is 35.4 Å². The van der Waals surface area contributed by atoms with Crippen LogP contribution in [-0.2, 0) is 11.3 Å². The number of amides is 3. The second-order valence-electron chi connectivity index (χ2n) is 7.74. The number of benzene rings is 2. The van der Waals surface area contributed by atoms with Crippen molar-refractivity contribution in [1.82, 2.24) is 9.88 Å². The quantitative estimate of drug-likeness (QED) is 0.416. The van der Waals surface area contributed by atoms with Crippen LogP contribution in [0.1, 0.15) is 19.4 Å². The van der Waals surface area contributed by atoms with Gasteiger partial charge in [-0.1, -0.05) is 0 Å². The highest BCUT2D eigenvalue weighted by atomic mass is 19.4. The van der Waals surface area contributed by atoms with Crippen LogP contribution in [0.2, 0.25) is 0 Å². The number of pyridine rings is 1. The summed E-state index contributed by atoms with van der Waals surface area (Å²) in [4.78, 5) is 32.6. The Bertz CT molecular complexity index is 1210. The lowest BCUT2D eigenvalue weighted by Gasteiger charge is -2.28. The zero-order chi connectivity index (χ0) is 23.3. The first kappa shape index (κ1) is 21.5. The maximum atomic E-state index is 13.5. The lowest BCUT2D eigenvalue weighted by atomic mass is 10.0. The molecule has 2 aromatic carbocycles. The third-order valence-corrected chi connectivity index (χ3v) is 5.28. The molecule has 0 spiro atoms. The smallest absolute Gasteiger partial charge is 0.406 e. The van der Waals surface area contributed by atoms with Gasteiger partial charge in [-0.2, -0.15) is 0 Å². The van der Waals surface area contributed by atoms with Crippen molar-refractivity contribution in [2.24, 2.45) is 0 Å². The van der Waals surface area contributed by atoms with Gasteiger partial charge in [0.05, 0.1) is 11.2 Å². The number of hydrogen-bond donors (Lipinski definition) is 0. The summed E-state index contributed by atoms with van der Waals surface area (Å²) in [5.41, 5.74) is -0.0319. The van der Waals surface area contributed by atoms with Crippen LogP contribution in [0.25, 0.3) is 10.9 Å². The van der Waals surface area contributed by atoms with Crippen LogP contribution >= 0.6 is 0 Å². The molecule has 32 heavy (non-hydrogen) atoms. The summed E-state index contributed by atoms with van der Waals surface area (Å²) in [6.07, 6.45) is -3.36. The summed E-state index contributed by atoms with van der Waals surface area (Å²) < 4.78 is 54.5. The van der Waals surface area contributed by atoms with Gasteiger partial charge >= 0.3 is 12.4 Å². The molecule has 3 amide bonds. The summed E-state index contributed by atoms with van der Waals surface area (Å²) in [6.45, 7) is 3.21. The van der Waals surface area contributed by atoms with Crippen LogP contribution in [0, 0.1) is 5.82 Å². The number of hydrogen-bond acceptors (Lipinski definition) is 4. The molecular weight excluding hydrogens is 430 g/mol. The van der Waals surface area contributed by atoms with E-state index in [1.54, 1.807) is 26.0 Å². The van der Waals surface area contributed by atoms with Gasteiger partial charge in [0.1, 0.15) is 17.1 Å². The summed E-state index contributed by atoms with van der Waals surface area (Å²) in [5, 5.41) is 0.636. The highest BCUT2D eigenvalue weighted by Crippen LogP contribution is 2.35. The molecule has 6 nitrogen and oxygen atoms in total. The van der Waals surface area contributed by atoms with Crippen molar-refractivity contribution in [3.63, 3.8) is 0 Å². The number of aromatic nitrogens is 1. The predicted octanol–water partition coefficient (Wildman–Crippen LogP) is 5.02. The molecule has 166 valence electrons. The van der Waals surface area contributed by atoms with Crippen molar-refractivity contribution in [2.45, 2.75) is 32.3 Å². The number of anilines is 1. The van der Waals surface area contributed by atoms with E-state index in [-0.39, 0.29) is 12.2 Å². The molecular formula is C22H17F4N3O3. The van der Waals surface area contributed by atoms with Crippen molar-refractivity contribution in [3.8, 4) is 5.75 Å². The fourth-order valence-corrected chi connectivity index (χ4v) is 3.61. The van der Waals surface area contributed by atoms with Crippen LogP contribution in [0.3, 0.4) is 0 Å². The summed E-state index contributed by atoms with van der Waals surface area (Å²) >= 11 is 0. The van der Waals surface area contributed by atoms with Gasteiger partial charge in [-0.3, -0.25) is 9.78 Å². The van der Waals surface area contributed by atoms with Gasteiger partial charge < -0.3 is 9.64 Å². The second-order valence-corrected chi connectivity index (χ2v) is 7.74. The molecule has 0 N–H and O–H groups in total. The fourth-order valence-electron chi connectivity index (χ4n) is 3.61. The first-order chi connectivity index (χ1) is 15.0. The van der Waals surface area contributed by atoms with Gasteiger partial charge in [0.2, 0.25) is 0 Å². The molecule has 0 unspecified atom stereocenters. The molecule has 1 saturated heterocycles. The molecule has 1 aliphatic heterocycles. The van der Waals surface area contributed by atoms with E-state index in [0.717, 1.165) is 17.0 Å². The Balaban J connectivity index is 1.65. The number of ether oxygens (including phenoxy) is 1. The Morgan fingerprint density at radius 2 is 1.72 bits per heavy atom. The molecule has 0 saturated carbocycles. The average Bonchev–Trinajstić information content (AvgIpc) is 2.87. The van der Waals surface area contributed by atoms with E-state index in [0.29, 0.717) is 16.5 Å². The lowest BCUT2D eigenvalue weighted by molar-refractivity contribution is -0.274. The minimum absolute atomic E-state index is 0.0496. The maximum Gasteiger partial charge on any atom is 0.573 e. The first-order valence-electron chi connectivity index (χ1n) is 9.52. The molecule has 0 radical (unpaired) electrons. The number of fused-ring (bicyclic) bond motifs is 1. The van der Waals surface area contributed by atoms with Crippen molar-refractivity contribution in [1.29, 1.82) is 0 Å². The minimum atomic E-state index is -4.85. The number of imide groups is 1. The largest absolute Gasteiger partial charge is 0.573 e. The second kappa shape index (κ2) is 7.47. The van der Waals surface area contributed by atoms with Gasteiger partial charge in [0.25, 0.3) is 5.91 Å². The third-order valence-electron chi connectivity index (χ3n) is 5.28. The highest BCUT2D eigenvalue weighted by molar-refractivity contribution is 6.23. The molecule has 1 aromatic heterocycles. The molecule has 3 aromatic rings. The molecule has 0 atom stereocenters. The van der Waals surface area contributed by atoms with Gasteiger partial charge in [-0.05, 0) is 61.9 Å². The van der Waals surface area contributed by atoms with E-state index in [1.165, 1.54) is 35.4 Å². The zero-order valence-electron chi connectivity index (χ0n) is 17.0. The Morgan fingerprint density at radius 1 is 1.03 bits per heavy atom. The van der Waals surface area contributed by atoms with E-state index >= 15 is 0 Å². The Labute approximate surface area is 180 Å². The number of carbonyl (C=O) groups is 2. The van der Waals surface area contributed by atoms with E-state index in [1.807, 2.05) is 0 Å². The zero-order valence-corrected chi connectivity index (χ0v) is 17.0. The Hall–Kier alpha value is -3.69. The molecule has 1 fully saturated rings. The Morgan fingerprint density at radius 3 is 2.38 bits per heavy atom. The van der Waals surface area contributed by atoms with Gasteiger partial charge in [-0.15, -0.1) is 13.2 Å². The lowest BCUT2D eigenvalue weighted by Crippen LogP contribution is -2.43. The van der Waals surface area contributed by atoms with Gasteiger partial charge in [-0.25, -0.2) is 14.1 Å². The average molecular weight is 447 g/mol. The molecule has 1 aliphatic rings. The molecule has 0 aliphatic carbocycles. The normalized spacial score (nSPS) is 16.2. The minimum Gasteiger partial charge on any atom is -0.406 e. The Kier molecular flexibility index (Phi) is 5.03. The predicted molar refractivity (Wildman–Crippen MR) is 107 cm³/mol.